The van der Waals surface area contributed by atoms with Crippen LogP contribution in [0.2, 0.25) is 0 Å². The molecule has 14 heteroatoms. The van der Waals surface area contributed by atoms with Crippen LogP contribution < -0.4 is 81.9 Å². The molecule has 0 rings (SSSR count). The number of amides is 1. The number of halogens is 1. The summed E-state index contributed by atoms with van der Waals surface area (Å²) in [6.07, 6.45) is 12.5. The van der Waals surface area contributed by atoms with Crippen LogP contribution in [-0.2, 0) is 29.2 Å². The van der Waals surface area contributed by atoms with Crippen LogP contribution in [0.3, 0.4) is 0 Å². The molecular formula is C23H45ClN2Na2O8S. The minimum atomic E-state index is -4.51. The van der Waals surface area contributed by atoms with Gasteiger partial charge in [0.05, 0.1) is 33.2 Å². The maximum atomic E-state index is 10.9. The standard InChI is InChI=1S/C14H28O5S.C9H18N2O3.ClH.2Na/c1-2-3-4-5-6-7-8-9-10-11-12-19-14(15)13-20(16,17)18;1-8(12)10-5-4-6-11(2,3)7-9(13)14;;;/h2-13H2,1H3,(H,16,17,18);4-7H2,1-3H3,(H-,10,12,13,14);1H;;/q;;;2*+1/p-2. The molecule has 0 aliphatic rings. The first-order valence-corrected chi connectivity index (χ1v) is 13.7. The van der Waals surface area contributed by atoms with E-state index in [1.807, 2.05) is 14.1 Å². The summed E-state index contributed by atoms with van der Waals surface area (Å²) in [6.45, 7) is 5.16. The molecule has 0 atom stereocenters. The zero-order chi connectivity index (χ0) is 26.5. The van der Waals surface area contributed by atoms with Crippen molar-refractivity contribution in [2.75, 3.05) is 46.1 Å². The fraction of sp³-hybridized carbons (Fsp3) is 0.870. The van der Waals surface area contributed by atoms with Crippen LogP contribution in [0.5, 0.6) is 0 Å². The summed E-state index contributed by atoms with van der Waals surface area (Å²) in [4.78, 5) is 31.8. The first kappa shape index (κ1) is 47.4. The van der Waals surface area contributed by atoms with E-state index in [1.54, 1.807) is 0 Å². The molecular weight excluding hydrogens is 546 g/mol. The number of likely N-dealkylation sites (N-methyl/N-ethyl adjacent to an activating group) is 1. The zero-order valence-electron chi connectivity index (χ0n) is 23.8. The number of carbonyl (C=O) groups excluding carboxylic acids is 3. The van der Waals surface area contributed by atoms with Gasteiger partial charge in [0.1, 0.15) is 22.4 Å². The first-order chi connectivity index (χ1) is 15.8. The van der Waals surface area contributed by atoms with Crippen molar-refractivity contribution in [2.45, 2.75) is 84.5 Å². The average Bonchev–Trinajstić information content (AvgIpc) is 2.67. The predicted octanol–water partition coefficient (Wildman–Crippen LogP) is -7.65. The van der Waals surface area contributed by atoms with E-state index in [9.17, 15) is 32.5 Å². The Labute approximate surface area is 274 Å². The van der Waals surface area contributed by atoms with Gasteiger partial charge in [0.15, 0.2) is 0 Å². The van der Waals surface area contributed by atoms with Gasteiger partial charge >= 0.3 is 65.1 Å². The molecule has 37 heavy (non-hydrogen) atoms. The number of carbonyl (C=O) groups is 3. The number of ether oxygens (including phenoxy) is 1. The molecule has 0 aromatic rings. The van der Waals surface area contributed by atoms with Gasteiger partial charge in [-0.05, 0) is 6.42 Å². The van der Waals surface area contributed by atoms with E-state index in [4.69, 9.17) is 0 Å². The molecule has 0 heterocycles. The fourth-order valence-corrected chi connectivity index (χ4v) is 3.53. The molecule has 0 aromatic carbocycles. The van der Waals surface area contributed by atoms with Gasteiger partial charge in [-0.15, -0.1) is 0 Å². The Balaban J connectivity index is -0.000000180. The predicted molar refractivity (Wildman–Crippen MR) is 128 cm³/mol. The summed E-state index contributed by atoms with van der Waals surface area (Å²) in [7, 11) is -0.866. The van der Waals surface area contributed by atoms with E-state index in [-0.39, 0.29) is 90.6 Å². The van der Waals surface area contributed by atoms with Crippen LogP contribution in [0.1, 0.15) is 84.5 Å². The van der Waals surface area contributed by atoms with Crippen molar-refractivity contribution >= 4 is 28.0 Å². The van der Waals surface area contributed by atoms with Gasteiger partial charge in [-0.1, -0.05) is 64.7 Å². The number of rotatable bonds is 19. The van der Waals surface area contributed by atoms with Gasteiger partial charge < -0.3 is 41.4 Å². The molecule has 0 aliphatic heterocycles. The number of carboxylic acid groups (broad SMARTS) is 1. The average molecular weight is 591 g/mol. The SMILES string of the molecule is CC(=O)NCCC[N+](C)(C)CC(=O)[O-].CCCCCCCCCCCCOC(=O)CS(=O)(=O)[O-].[Cl-].[Na+].[Na+]. The number of unbranched alkanes of at least 4 members (excludes halogenated alkanes) is 9. The third kappa shape index (κ3) is 43.9. The maximum Gasteiger partial charge on any atom is 1.00 e. The Morgan fingerprint density at radius 3 is 1.73 bits per heavy atom. The quantitative estimate of drug-likeness (QED) is 0.0512. The van der Waals surface area contributed by atoms with Gasteiger partial charge in [0.2, 0.25) is 5.91 Å². The van der Waals surface area contributed by atoms with E-state index >= 15 is 0 Å². The largest absolute Gasteiger partial charge is 1.00 e. The molecule has 0 saturated carbocycles. The minimum absolute atomic E-state index is 0. The molecule has 10 nitrogen and oxygen atoms in total. The van der Waals surface area contributed by atoms with Crippen molar-refractivity contribution < 1.29 is 113 Å². The summed E-state index contributed by atoms with van der Waals surface area (Å²) < 4.78 is 35.9. The second-order valence-electron chi connectivity index (χ2n) is 9.13. The Bertz CT molecular complexity index is 684. The van der Waals surface area contributed by atoms with Crippen molar-refractivity contribution in [3.05, 3.63) is 0 Å². The number of nitrogens with one attached hydrogen (secondary N) is 1. The van der Waals surface area contributed by atoms with Crippen molar-refractivity contribution in [1.82, 2.24) is 5.32 Å². The molecule has 0 fully saturated rings. The van der Waals surface area contributed by atoms with E-state index < -0.39 is 27.8 Å². The van der Waals surface area contributed by atoms with E-state index in [2.05, 4.69) is 17.0 Å². The number of hydrogen-bond acceptors (Lipinski definition) is 8. The molecule has 0 bridgehead atoms. The summed E-state index contributed by atoms with van der Waals surface area (Å²) in [5.41, 5.74) is 0. The van der Waals surface area contributed by atoms with E-state index in [0.29, 0.717) is 17.6 Å². The number of quaternary nitrogens is 1. The van der Waals surface area contributed by atoms with Gasteiger partial charge in [0.25, 0.3) is 0 Å². The van der Waals surface area contributed by atoms with Crippen LogP contribution in [0.4, 0.5) is 0 Å². The summed E-state index contributed by atoms with van der Waals surface area (Å²) in [6, 6.07) is 0. The van der Waals surface area contributed by atoms with Crippen LogP contribution in [0, 0.1) is 0 Å². The molecule has 0 unspecified atom stereocenters. The number of aliphatic carboxylic acids is 1. The Hall–Kier alpha value is 0.570. The number of esters is 1. The van der Waals surface area contributed by atoms with Gasteiger partial charge in [-0.25, -0.2) is 8.42 Å². The topological polar surface area (TPSA) is 153 Å². The minimum Gasteiger partial charge on any atom is -1.00 e. The van der Waals surface area contributed by atoms with E-state index in [1.165, 1.54) is 51.9 Å². The van der Waals surface area contributed by atoms with Gasteiger partial charge in [-0.3, -0.25) is 9.59 Å². The van der Waals surface area contributed by atoms with Crippen molar-refractivity contribution in [1.29, 1.82) is 0 Å². The van der Waals surface area contributed by atoms with Crippen molar-refractivity contribution in [3.63, 3.8) is 0 Å². The molecule has 0 aliphatic carbocycles. The zero-order valence-corrected chi connectivity index (χ0v) is 29.4. The number of carboxylic acids is 1. The molecule has 1 amide bonds. The third-order valence-electron chi connectivity index (χ3n) is 4.93. The normalized spacial score (nSPS) is 10.4. The Morgan fingerprint density at radius 2 is 1.32 bits per heavy atom. The number of hydrogen-bond donors (Lipinski definition) is 1. The monoisotopic (exact) mass is 590 g/mol. The smallest absolute Gasteiger partial charge is 1.00 e. The number of nitrogens with zero attached hydrogens (tertiary/aromatic N) is 1. The van der Waals surface area contributed by atoms with Crippen LogP contribution in [0.15, 0.2) is 0 Å². The van der Waals surface area contributed by atoms with Gasteiger partial charge in [-0.2, -0.15) is 0 Å². The second-order valence-corrected chi connectivity index (χ2v) is 10.5. The molecule has 1 N–H and O–H groups in total. The molecule has 0 radical (unpaired) electrons. The van der Waals surface area contributed by atoms with Crippen LogP contribution >= 0.6 is 0 Å². The molecule has 0 spiro atoms. The molecule has 0 aromatic heterocycles. The van der Waals surface area contributed by atoms with Crippen molar-refractivity contribution in [3.8, 4) is 0 Å². The van der Waals surface area contributed by atoms with Gasteiger partial charge in [0, 0.05) is 19.9 Å². The second kappa shape index (κ2) is 29.6. The third-order valence-corrected chi connectivity index (χ3v) is 5.52. The fourth-order valence-electron chi connectivity index (χ4n) is 3.16. The summed E-state index contributed by atoms with van der Waals surface area (Å²) >= 11 is 0. The van der Waals surface area contributed by atoms with E-state index in [0.717, 1.165) is 25.7 Å². The summed E-state index contributed by atoms with van der Waals surface area (Å²) in [5, 5.41) is 13.0. The Kier molecular flexibility index (Phi) is 37.8. The van der Waals surface area contributed by atoms with Crippen LogP contribution in [0.25, 0.3) is 0 Å². The van der Waals surface area contributed by atoms with Crippen molar-refractivity contribution in [2.24, 2.45) is 0 Å². The maximum absolute atomic E-state index is 10.9. The first-order valence-electron chi connectivity index (χ1n) is 12.1. The molecule has 0 saturated heterocycles. The summed E-state index contributed by atoms with van der Waals surface area (Å²) in [5.74, 6) is -3.12. The molecule has 210 valence electrons. The van der Waals surface area contributed by atoms with Crippen LogP contribution in [-0.4, -0.2) is 81.4 Å². The Morgan fingerprint density at radius 1 is 0.865 bits per heavy atom.